The van der Waals surface area contributed by atoms with Crippen molar-refractivity contribution in [1.29, 1.82) is 0 Å². The normalized spacial score (nSPS) is 11.6. The van der Waals surface area contributed by atoms with E-state index < -0.39 is 5.51 Å². The number of hydrogen-bond donors (Lipinski definition) is 0. The summed E-state index contributed by atoms with van der Waals surface area (Å²) in [5.74, 6) is -0.160. The smallest absolute Gasteiger partial charge is 0.298 e. The van der Waals surface area contributed by atoms with E-state index in [-0.39, 0.29) is 34.2 Å². The molecule has 94 valence electrons. The minimum atomic E-state index is -4.35. The maximum absolute atomic E-state index is 12.3. The summed E-state index contributed by atoms with van der Waals surface area (Å²) >= 11 is 5.96. The summed E-state index contributed by atoms with van der Waals surface area (Å²) in [7, 11) is 0. The number of rotatable bonds is 4. The number of halogens is 5. The summed E-state index contributed by atoms with van der Waals surface area (Å²) in [6.45, 7) is 0. The quantitative estimate of drug-likeness (QED) is 0.552. The molecule has 0 unspecified atom stereocenters. The van der Waals surface area contributed by atoms with E-state index in [0.717, 1.165) is 0 Å². The zero-order chi connectivity index (χ0) is 13.1. The fourth-order valence-corrected chi connectivity index (χ4v) is 2.42. The Hall–Kier alpha value is -0.0100. The number of hydrogen-bond acceptors (Lipinski definition) is 2. The molecule has 1 aromatic rings. The molecule has 1 aromatic carbocycles. The number of carbonyl (C=O) groups is 1. The van der Waals surface area contributed by atoms with Crippen molar-refractivity contribution in [3.63, 3.8) is 0 Å². The average Bonchev–Trinajstić information content (AvgIpc) is 2.20. The van der Waals surface area contributed by atoms with Crippen LogP contribution in [-0.4, -0.2) is 16.6 Å². The summed E-state index contributed by atoms with van der Waals surface area (Å²) < 4.78 is 37.5. The first kappa shape index (κ1) is 15.0. The number of carbonyl (C=O) groups excluding carboxylic acids is 1. The monoisotopic (exact) mass is 390 g/mol. The predicted octanol–water partition coefficient (Wildman–Crippen LogP) is 4.57. The van der Waals surface area contributed by atoms with Crippen LogP contribution < -0.4 is 0 Å². The van der Waals surface area contributed by atoms with Crippen LogP contribution in [0.2, 0.25) is 0 Å². The van der Waals surface area contributed by atoms with Crippen LogP contribution >= 0.6 is 43.6 Å². The van der Waals surface area contributed by atoms with Crippen LogP contribution in [0.5, 0.6) is 0 Å². The first-order valence-electron chi connectivity index (χ1n) is 4.43. The van der Waals surface area contributed by atoms with Crippen molar-refractivity contribution < 1.29 is 18.0 Å². The van der Waals surface area contributed by atoms with Crippen LogP contribution in [0.25, 0.3) is 0 Å². The molecular formula is C10H7Br2F3OS. The highest BCUT2D eigenvalue weighted by molar-refractivity contribution is 9.10. The fourth-order valence-electron chi connectivity index (χ4n) is 1.17. The van der Waals surface area contributed by atoms with Gasteiger partial charge in [0.15, 0.2) is 0 Å². The number of alkyl halides is 4. The van der Waals surface area contributed by atoms with Gasteiger partial charge in [0.2, 0.25) is 0 Å². The highest BCUT2D eigenvalue weighted by Crippen LogP contribution is 2.39. The van der Waals surface area contributed by atoms with E-state index in [1.165, 1.54) is 18.2 Å². The molecule has 0 aliphatic rings. The van der Waals surface area contributed by atoms with E-state index in [9.17, 15) is 18.0 Å². The van der Waals surface area contributed by atoms with Crippen LogP contribution in [-0.2, 0) is 11.2 Å². The maximum atomic E-state index is 12.3. The predicted molar refractivity (Wildman–Crippen MR) is 68.6 cm³/mol. The second-order valence-corrected chi connectivity index (χ2v) is 5.73. The Morgan fingerprint density at radius 3 is 2.53 bits per heavy atom. The average molecular weight is 392 g/mol. The van der Waals surface area contributed by atoms with Gasteiger partial charge in [0.05, 0.1) is 5.33 Å². The Labute approximate surface area is 117 Å². The fraction of sp³-hybridized carbons (Fsp3) is 0.300. The summed E-state index contributed by atoms with van der Waals surface area (Å²) in [5.41, 5.74) is -3.97. The molecule has 1 rings (SSSR count). The van der Waals surface area contributed by atoms with Gasteiger partial charge in [-0.2, -0.15) is 13.2 Å². The molecule has 0 saturated heterocycles. The summed E-state index contributed by atoms with van der Waals surface area (Å²) in [4.78, 5) is 11.3. The van der Waals surface area contributed by atoms with Gasteiger partial charge in [0, 0.05) is 15.8 Å². The number of benzene rings is 1. The van der Waals surface area contributed by atoms with Crippen molar-refractivity contribution in [3.8, 4) is 0 Å². The van der Waals surface area contributed by atoms with Crippen molar-refractivity contribution in [1.82, 2.24) is 0 Å². The van der Waals surface area contributed by atoms with Crippen molar-refractivity contribution >= 4 is 49.4 Å². The lowest BCUT2D eigenvalue weighted by Gasteiger charge is -2.10. The van der Waals surface area contributed by atoms with E-state index in [2.05, 4.69) is 31.9 Å². The number of ketones is 1. The van der Waals surface area contributed by atoms with Crippen LogP contribution in [0.15, 0.2) is 27.6 Å². The van der Waals surface area contributed by atoms with Gasteiger partial charge in [-0.1, -0.05) is 31.9 Å². The van der Waals surface area contributed by atoms with Crippen molar-refractivity contribution in [2.24, 2.45) is 0 Å². The van der Waals surface area contributed by atoms with Crippen molar-refractivity contribution in [2.75, 3.05) is 5.33 Å². The molecule has 0 atom stereocenters. The van der Waals surface area contributed by atoms with Gasteiger partial charge in [0.25, 0.3) is 0 Å². The third-order valence-corrected chi connectivity index (χ3v) is 3.75. The zero-order valence-corrected chi connectivity index (χ0v) is 12.3. The Bertz CT molecular complexity index is 421. The van der Waals surface area contributed by atoms with Gasteiger partial charge in [-0.05, 0) is 35.5 Å². The highest BCUT2D eigenvalue weighted by Gasteiger charge is 2.30. The Kier molecular flexibility index (Phi) is 5.53. The molecule has 0 heterocycles. The number of thioether (sulfide) groups is 1. The second kappa shape index (κ2) is 6.24. The molecular weight excluding hydrogens is 385 g/mol. The van der Waals surface area contributed by atoms with E-state index in [1.54, 1.807) is 0 Å². The van der Waals surface area contributed by atoms with Crippen LogP contribution in [0.3, 0.4) is 0 Å². The minimum Gasteiger partial charge on any atom is -0.298 e. The first-order chi connectivity index (χ1) is 7.81. The van der Waals surface area contributed by atoms with Crippen molar-refractivity contribution in [2.45, 2.75) is 16.8 Å². The van der Waals surface area contributed by atoms with Crippen LogP contribution in [0, 0.1) is 0 Å². The molecule has 17 heavy (non-hydrogen) atoms. The van der Waals surface area contributed by atoms with Gasteiger partial charge in [0.1, 0.15) is 5.78 Å². The maximum Gasteiger partial charge on any atom is 0.446 e. The largest absolute Gasteiger partial charge is 0.446 e. The summed E-state index contributed by atoms with van der Waals surface area (Å²) in [6.07, 6.45) is -0.0108. The molecule has 0 saturated carbocycles. The van der Waals surface area contributed by atoms with E-state index >= 15 is 0 Å². The standard InChI is InChI=1S/C10H7Br2F3OS/c11-5-8(16)4-6-3-7(12)1-2-9(6)17-10(13,14)15/h1-3H,4-5H2. The summed E-state index contributed by atoms with van der Waals surface area (Å²) in [6, 6.07) is 4.42. The van der Waals surface area contributed by atoms with Gasteiger partial charge >= 0.3 is 5.51 Å². The molecule has 0 aromatic heterocycles. The molecule has 1 nitrogen and oxygen atoms in total. The molecule has 0 amide bonds. The van der Waals surface area contributed by atoms with Gasteiger partial charge in [-0.3, -0.25) is 4.79 Å². The van der Waals surface area contributed by atoms with E-state index in [0.29, 0.717) is 10.0 Å². The Balaban J connectivity index is 2.99. The van der Waals surface area contributed by atoms with Gasteiger partial charge < -0.3 is 0 Å². The minimum absolute atomic E-state index is 0.0108. The lowest BCUT2D eigenvalue weighted by Crippen LogP contribution is -2.07. The Morgan fingerprint density at radius 2 is 2.00 bits per heavy atom. The molecule has 0 fully saturated rings. The van der Waals surface area contributed by atoms with Crippen LogP contribution in [0.1, 0.15) is 5.56 Å². The lowest BCUT2D eigenvalue weighted by atomic mass is 10.1. The van der Waals surface area contributed by atoms with E-state index in [4.69, 9.17) is 0 Å². The lowest BCUT2D eigenvalue weighted by molar-refractivity contribution is -0.115. The highest BCUT2D eigenvalue weighted by atomic mass is 79.9. The molecule has 0 aliphatic carbocycles. The third-order valence-electron chi connectivity index (χ3n) is 1.78. The van der Waals surface area contributed by atoms with Crippen LogP contribution in [0.4, 0.5) is 13.2 Å². The molecule has 7 heteroatoms. The Morgan fingerprint density at radius 1 is 1.35 bits per heavy atom. The third kappa shape index (κ3) is 5.44. The molecule has 0 N–H and O–H groups in total. The van der Waals surface area contributed by atoms with Gasteiger partial charge in [-0.25, -0.2) is 0 Å². The SMILES string of the molecule is O=C(CBr)Cc1cc(Br)ccc1SC(F)(F)F. The van der Waals surface area contributed by atoms with Crippen molar-refractivity contribution in [3.05, 3.63) is 28.2 Å². The van der Waals surface area contributed by atoms with Gasteiger partial charge in [-0.15, -0.1) is 0 Å². The van der Waals surface area contributed by atoms with E-state index in [1.807, 2.05) is 0 Å². The molecule has 0 bridgehead atoms. The second-order valence-electron chi connectivity index (χ2n) is 3.15. The number of Topliss-reactive ketones (excluding diaryl/α,β-unsaturated/α-hetero) is 1. The molecule has 0 spiro atoms. The first-order valence-corrected chi connectivity index (χ1v) is 7.17. The topological polar surface area (TPSA) is 17.1 Å². The summed E-state index contributed by atoms with van der Waals surface area (Å²) in [5, 5.41) is 0.135. The zero-order valence-electron chi connectivity index (χ0n) is 8.35. The molecule has 0 radical (unpaired) electrons. The molecule has 0 aliphatic heterocycles.